The van der Waals surface area contributed by atoms with Gasteiger partial charge in [0.05, 0.1) is 16.1 Å². The van der Waals surface area contributed by atoms with Gasteiger partial charge in [-0.05, 0) is 37.3 Å². The molecular weight excluding hydrogens is 287 g/mol. The lowest BCUT2D eigenvalue weighted by molar-refractivity contribution is 0.0940. The van der Waals surface area contributed by atoms with Crippen molar-refractivity contribution in [2.45, 2.75) is 13.0 Å². The van der Waals surface area contributed by atoms with Crippen LogP contribution in [0.3, 0.4) is 0 Å². The third-order valence-corrected chi connectivity index (χ3v) is 4.04. The largest absolute Gasteiger partial charge is 0.396 e. The van der Waals surface area contributed by atoms with Crippen LogP contribution in [0.25, 0.3) is 0 Å². The Hall–Kier alpha value is -1.59. The number of thiophene rings is 1. The van der Waals surface area contributed by atoms with E-state index in [9.17, 15) is 9.18 Å². The average Bonchev–Trinajstić information content (AvgIpc) is 2.79. The Bertz CT molecular complexity index is 614. The van der Waals surface area contributed by atoms with E-state index >= 15 is 0 Å². The van der Waals surface area contributed by atoms with Crippen molar-refractivity contribution in [2.24, 2.45) is 0 Å². The molecule has 1 unspecified atom stereocenters. The van der Waals surface area contributed by atoms with E-state index in [0.29, 0.717) is 4.34 Å². The van der Waals surface area contributed by atoms with Crippen LogP contribution in [0.4, 0.5) is 10.1 Å². The Morgan fingerprint density at radius 1 is 1.42 bits per heavy atom. The fraction of sp³-hybridized carbons (Fsp3) is 0.154. The van der Waals surface area contributed by atoms with Gasteiger partial charge in [0.2, 0.25) is 0 Å². The highest BCUT2D eigenvalue weighted by atomic mass is 35.5. The summed E-state index contributed by atoms with van der Waals surface area (Å²) < 4.78 is 13.9. The summed E-state index contributed by atoms with van der Waals surface area (Å²) in [7, 11) is 0. The maximum atomic E-state index is 13.3. The standard InChI is InChI=1S/C13H12ClFN2OS/c1-7(11-4-5-12(14)19-11)17-13(18)8-2-3-10(16)9(15)6-8/h2-7H,16H2,1H3,(H,17,18). The Kier molecular flexibility index (Phi) is 4.07. The summed E-state index contributed by atoms with van der Waals surface area (Å²) in [6.07, 6.45) is 0. The molecule has 0 bridgehead atoms. The number of nitrogens with two attached hydrogens (primary N) is 1. The van der Waals surface area contributed by atoms with Crippen LogP contribution in [0.15, 0.2) is 30.3 Å². The maximum absolute atomic E-state index is 13.3. The molecule has 2 aromatic rings. The summed E-state index contributed by atoms with van der Waals surface area (Å²) in [6.45, 7) is 1.84. The molecule has 0 aliphatic carbocycles. The van der Waals surface area contributed by atoms with Crippen molar-refractivity contribution in [2.75, 3.05) is 5.73 Å². The molecule has 0 radical (unpaired) electrons. The number of nitrogen functional groups attached to an aromatic ring is 1. The molecule has 1 aromatic carbocycles. The molecule has 6 heteroatoms. The predicted molar refractivity (Wildman–Crippen MR) is 76.0 cm³/mol. The van der Waals surface area contributed by atoms with E-state index in [1.54, 1.807) is 6.07 Å². The number of nitrogens with one attached hydrogen (secondary N) is 1. The number of amides is 1. The van der Waals surface area contributed by atoms with E-state index in [4.69, 9.17) is 17.3 Å². The number of anilines is 1. The van der Waals surface area contributed by atoms with E-state index < -0.39 is 5.82 Å². The minimum absolute atomic E-state index is 0.0228. The SMILES string of the molecule is CC(NC(=O)c1ccc(N)c(F)c1)c1ccc(Cl)s1. The van der Waals surface area contributed by atoms with Crippen molar-refractivity contribution in [3.05, 3.63) is 50.9 Å². The third kappa shape index (κ3) is 3.24. The van der Waals surface area contributed by atoms with Crippen molar-refractivity contribution in [3.63, 3.8) is 0 Å². The quantitative estimate of drug-likeness (QED) is 0.851. The number of halogens is 2. The van der Waals surface area contributed by atoms with Crippen LogP contribution < -0.4 is 11.1 Å². The van der Waals surface area contributed by atoms with E-state index in [1.165, 1.54) is 23.5 Å². The summed E-state index contributed by atoms with van der Waals surface area (Å²) in [4.78, 5) is 12.9. The second-order valence-corrected chi connectivity index (χ2v) is 5.82. The van der Waals surface area contributed by atoms with Crippen LogP contribution in [0.1, 0.15) is 28.2 Å². The van der Waals surface area contributed by atoms with E-state index in [-0.39, 0.29) is 23.2 Å². The molecule has 0 aliphatic rings. The lowest BCUT2D eigenvalue weighted by atomic mass is 10.1. The van der Waals surface area contributed by atoms with Crippen molar-refractivity contribution in [3.8, 4) is 0 Å². The summed E-state index contributed by atoms with van der Waals surface area (Å²) >= 11 is 7.23. The monoisotopic (exact) mass is 298 g/mol. The highest BCUT2D eigenvalue weighted by Crippen LogP contribution is 2.26. The van der Waals surface area contributed by atoms with Crippen LogP contribution >= 0.6 is 22.9 Å². The van der Waals surface area contributed by atoms with Crippen molar-refractivity contribution in [1.82, 2.24) is 5.32 Å². The molecule has 3 N–H and O–H groups in total. The first-order valence-corrected chi connectivity index (χ1v) is 6.78. The van der Waals surface area contributed by atoms with E-state index in [0.717, 1.165) is 10.9 Å². The number of hydrogen-bond acceptors (Lipinski definition) is 3. The summed E-state index contributed by atoms with van der Waals surface area (Å²) in [5, 5.41) is 2.78. The van der Waals surface area contributed by atoms with Crippen molar-refractivity contribution >= 4 is 34.5 Å². The highest BCUT2D eigenvalue weighted by Gasteiger charge is 2.14. The molecule has 1 aromatic heterocycles. The first-order chi connectivity index (χ1) is 8.97. The second-order valence-electron chi connectivity index (χ2n) is 4.07. The molecule has 1 amide bonds. The van der Waals surface area contributed by atoms with Gasteiger partial charge in [0.25, 0.3) is 5.91 Å². The first kappa shape index (κ1) is 13.8. The molecule has 1 heterocycles. The zero-order valence-electron chi connectivity index (χ0n) is 10.1. The maximum Gasteiger partial charge on any atom is 0.251 e. The summed E-state index contributed by atoms with van der Waals surface area (Å²) in [6, 6.07) is 7.41. The van der Waals surface area contributed by atoms with Crippen LogP contribution in [0.2, 0.25) is 4.34 Å². The zero-order chi connectivity index (χ0) is 14.0. The Morgan fingerprint density at radius 2 is 2.16 bits per heavy atom. The van der Waals surface area contributed by atoms with Gasteiger partial charge in [-0.1, -0.05) is 11.6 Å². The number of carbonyl (C=O) groups is 1. The van der Waals surface area contributed by atoms with Gasteiger partial charge in [0.15, 0.2) is 0 Å². The normalized spacial score (nSPS) is 12.2. The lowest BCUT2D eigenvalue weighted by Gasteiger charge is -2.12. The smallest absolute Gasteiger partial charge is 0.251 e. The summed E-state index contributed by atoms with van der Waals surface area (Å²) in [5.41, 5.74) is 5.62. The third-order valence-electron chi connectivity index (χ3n) is 2.63. The van der Waals surface area contributed by atoms with Gasteiger partial charge in [-0.2, -0.15) is 0 Å². The molecule has 0 saturated heterocycles. The van der Waals surface area contributed by atoms with Gasteiger partial charge in [-0.15, -0.1) is 11.3 Å². The second kappa shape index (κ2) is 5.59. The number of benzene rings is 1. The molecule has 3 nitrogen and oxygen atoms in total. The van der Waals surface area contributed by atoms with E-state index in [1.807, 2.05) is 13.0 Å². The van der Waals surface area contributed by atoms with Crippen molar-refractivity contribution in [1.29, 1.82) is 0 Å². The van der Waals surface area contributed by atoms with Gasteiger partial charge >= 0.3 is 0 Å². The highest BCUT2D eigenvalue weighted by molar-refractivity contribution is 7.16. The molecule has 100 valence electrons. The van der Waals surface area contributed by atoms with Gasteiger partial charge in [-0.25, -0.2) is 4.39 Å². The fourth-order valence-electron chi connectivity index (χ4n) is 1.58. The van der Waals surface area contributed by atoms with Crippen LogP contribution in [0.5, 0.6) is 0 Å². The Labute approximate surface area is 119 Å². The minimum Gasteiger partial charge on any atom is -0.396 e. The van der Waals surface area contributed by atoms with Crippen LogP contribution in [-0.2, 0) is 0 Å². The predicted octanol–water partition coefficient (Wildman–Crippen LogP) is 3.61. The molecule has 0 saturated carbocycles. The van der Waals surface area contributed by atoms with Gasteiger partial charge < -0.3 is 11.1 Å². The molecular formula is C13H12ClFN2OS. The number of carbonyl (C=O) groups excluding carboxylic acids is 1. The number of rotatable bonds is 3. The Balaban J connectivity index is 2.10. The van der Waals surface area contributed by atoms with Crippen molar-refractivity contribution < 1.29 is 9.18 Å². The number of hydrogen-bond donors (Lipinski definition) is 2. The molecule has 1 atom stereocenters. The first-order valence-electron chi connectivity index (χ1n) is 5.58. The average molecular weight is 299 g/mol. The topological polar surface area (TPSA) is 55.1 Å². The Morgan fingerprint density at radius 3 is 2.74 bits per heavy atom. The van der Waals surface area contributed by atoms with Gasteiger partial charge in [-0.3, -0.25) is 4.79 Å². The molecule has 0 fully saturated rings. The summed E-state index contributed by atoms with van der Waals surface area (Å²) in [5.74, 6) is -0.949. The molecule has 2 rings (SSSR count). The van der Waals surface area contributed by atoms with Crippen LogP contribution in [-0.4, -0.2) is 5.91 Å². The lowest BCUT2D eigenvalue weighted by Crippen LogP contribution is -2.26. The molecule has 0 aliphatic heterocycles. The van der Waals surface area contributed by atoms with Gasteiger partial charge in [0.1, 0.15) is 5.82 Å². The molecule has 19 heavy (non-hydrogen) atoms. The molecule has 0 spiro atoms. The minimum atomic E-state index is -0.598. The van der Waals surface area contributed by atoms with E-state index in [2.05, 4.69) is 5.32 Å². The van der Waals surface area contributed by atoms with Crippen LogP contribution in [0, 0.1) is 5.82 Å². The van der Waals surface area contributed by atoms with Gasteiger partial charge in [0, 0.05) is 10.4 Å². The fourth-order valence-corrected chi connectivity index (χ4v) is 2.64. The zero-order valence-corrected chi connectivity index (χ0v) is 11.7.